The summed E-state index contributed by atoms with van der Waals surface area (Å²) >= 11 is 0. The number of likely N-dealkylation sites (tertiary alicyclic amines) is 1. The lowest BCUT2D eigenvalue weighted by molar-refractivity contribution is 0.00578. The summed E-state index contributed by atoms with van der Waals surface area (Å²) in [5, 5.41) is 0. The van der Waals surface area contributed by atoms with Gasteiger partial charge in [0.2, 0.25) is 0 Å². The molecule has 2 bridgehead atoms. The van der Waals surface area contributed by atoms with Gasteiger partial charge in [0.05, 0.1) is 22.9 Å². The second-order valence-corrected chi connectivity index (χ2v) is 11.8. The van der Waals surface area contributed by atoms with Crippen LogP contribution in [0.1, 0.15) is 73.3 Å². The van der Waals surface area contributed by atoms with Gasteiger partial charge in [-0.25, -0.2) is 4.79 Å². The minimum Gasteiger partial charge on any atom is -0.444 e. The second-order valence-electron chi connectivity index (χ2n) is 11.8. The third-order valence-electron chi connectivity index (χ3n) is 7.80. The Kier molecular flexibility index (Phi) is 4.85. The van der Waals surface area contributed by atoms with Crippen LogP contribution in [0, 0.1) is 5.92 Å². The van der Waals surface area contributed by atoms with Gasteiger partial charge < -0.3 is 14.0 Å². The van der Waals surface area contributed by atoms with Crippen molar-refractivity contribution in [2.45, 2.75) is 103 Å². The molecular formula is C25H35BN2O4. The maximum absolute atomic E-state index is 13.1. The lowest BCUT2D eigenvalue weighted by Gasteiger charge is -2.36. The smallest absolute Gasteiger partial charge is 0.444 e. The van der Waals surface area contributed by atoms with Crippen molar-refractivity contribution in [1.82, 2.24) is 4.90 Å². The predicted octanol–water partition coefficient (Wildman–Crippen LogP) is 4.40. The molecule has 6 nitrogen and oxygen atoms in total. The summed E-state index contributed by atoms with van der Waals surface area (Å²) in [7, 11) is -0.380. The van der Waals surface area contributed by atoms with E-state index in [0.717, 1.165) is 42.5 Å². The first-order chi connectivity index (χ1) is 14.8. The molecule has 3 atom stereocenters. The van der Waals surface area contributed by atoms with E-state index in [9.17, 15) is 4.79 Å². The second kappa shape index (κ2) is 7.07. The van der Waals surface area contributed by atoms with Crippen molar-refractivity contribution < 1.29 is 18.8 Å². The van der Waals surface area contributed by atoms with E-state index in [1.165, 1.54) is 5.56 Å². The van der Waals surface area contributed by atoms with E-state index in [1.54, 1.807) is 0 Å². The summed E-state index contributed by atoms with van der Waals surface area (Å²) in [5.74, 6) is 0.475. The van der Waals surface area contributed by atoms with Crippen molar-refractivity contribution in [3.05, 3.63) is 23.8 Å². The van der Waals surface area contributed by atoms with Gasteiger partial charge in [0, 0.05) is 18.2 Å². The van der Waals surface area contributed by atoms with Crippen molar-refractivity contribution in [3.8, 4) is 0 Å². The van der Waals surface area contributed by atoms with Crippen LogP contribution in [0.25, 0.3) is 0 Å². The van der Waals surface area contributed by atoms with Crippen LogP contribution >= 0.6 is 0 Å². The minimum absolute atomic E-state index is 0.0382. The minimum atomic E-state index is -0.498. The Labute approximate surface area is 191 Å². The van der Waals surface area contributed by atoms with Crippen molar-refractivity contribution in [2.24, 2.45) is 10.9 Å². The van der Waals surface area contributed by atoms with Gasteiger partial charge >= 0.3 is 13.2 Å². The summed E-state index contributed by atoms with van der Waals surface area (Å²) in [6.45, 7) is 14.1. The number of rotatable bonds is 2. The van der Waals surface area contributed by atoms with Crippen LogP contribution in [0.15, 0.2) is 23.2 Å². The molecule has 3 fully saturated rings. The van der Waals surface area contributed by atoms with Crippen LogP contribution in [-0.4, -0.2) is 52.7 Å². The number of ether oxygens (including phenoxy) is 1. The van der Waals surface area contributed by atoms with Crippen molar-refractivity contribution >= 4 is 30.1 Å². The SMILES string of the molecule is CC(C)(C)OC(=O)N1C2CCC(C2)C1C1=Nc2ccc(B3OC(C)(C)C(C)(C)O3)cc2C1. The Balaban J connectivity index is 1.36. The van der Waals surface area contributed by atoms with E-state index in [2.05, 4.69) is 45.9 Å². The maximum Gasteiger partial charge on any atom is 0.494 e. The molecule has 0 N–H and O–H groups in total. The van der Waals surface area contributed by atoms with E-state index in [-0.39, 0.29) is 36.5 Å². The lowest BCUT2D eigenvalue weighted by Crippen LogP contribution is -2.50. The van der Waals surface area contributed by atoms with Crippen LogP contribution in [0.4, 0.5) is 10.5 Å². The molecule has 172 valence electrons. The topological polar surface area (TPSA) is 60.4 Å². The quantitative estimate of drug-likeness (QED) is 0.643. The Morgan fingerprint density at radius 3 is 2.50 bits per heavy atom. The number of carbonyl (C=O) groups excluding carboxylic acids is 1. The molecule has 2 saturated heterocycles. The van der Waals surface area contributed by atoms with Gasteiger partial charge in [-0.3, -0.25) is 9.89 Å². The monoisotopic (exact) mass is 438 g/mol. The molecular weight excluding hydrogens is 403 g/mol. The maximum atomic E-state index is 13.1. The zero-order chi connectivity index (χ0) is 23.1. The van der Waals surface area contributed by atoms with Gasteiger partial charge in [0.1, 0.15) is 5.60 Å². The van der Waals surface area contributed by atoms with Gasteiger partial charge in [0.25, 0.3) is 0 Å². The molecule has 0 aromatic heterocycles. The van der Waals surface area contributed by atoms with E-state index in [0.29, 0.717) is 5.92 Å². The summed E-state index contributed by atoms with van der Waals surface area (Å²) in [5.41, 5.74) is 3.05. The predicted molar refractivity (Wildman–Crippen MR) is 126 cm³/mol. The van der Waals surface area contributed by atoms with Gasteiger partial charge in [0.15, 0.2) is 0 Å². The normalized spacial score (nSPS) is 30.0. The molecule has 1 amide bonds. The molecule has 0 spiro atoms. The first-order valence-corrected chi connectivity index (χ1v) is 11.9. The standard InChI is InChI=1S/C25H35BN2O4/c1-23(2,3)30-22(29)28-18-10-8-15(13-18)21(28)20-14-16-12-17(9-11-19(16)27-20)26-31-24(4,5)25(6,7)32-26/h9,11-12,15,18,21H,8,10,13-14H2,1-7H3. The first-order valence-electron chi connectivity index (χ1n) is 11.9. The average molecular weight is 438 g/mol. The fraction of sp³-hybridized carbons (Fsp3) is 0.680. The molecule has 7 heteroatoms. The van der Waals surface area contributed by atoms with Crippen molar-refractivity contribution in [1.29, 1.82) is 0 Å². The number of carbonyl (C=O) groups is 1. The lowest BCUT2D eigenvalue weighted by atomic mass is 9.78. The van der Waals surface area contributed by atoms with E-state index in [4.69, 9.17) is 19.0 Å². The van der Waals surface area contributed by atoms with Crippen LogP contribution in [0.5, 0.6) is 0 Å². The van der Waals surface area contributed by atoms with E-state index in [1.807, 2.05) is 25.7 Å². The zero-order valence-corrected chi connectivity index (χ0v) is 20.4. The van der Waals surface area contributed by atoms with E-state index >= 15 is 0 Å². The molecule has 1 aromatic rings. The molecule has 1 aromatic carbocycles. The molecule has 3 aliphatic heterocycles. The highest BCUT2D eigenvalue weighted by atomic mass is 16.7. The van der Waals surface area contributed by atoms with E-state index < -0.39 is 5.60 Å². The van der Waals surface area contributed by atoms with Crippen molar-refractivity contribution in [2.75, 3.05) is 0 Å². The van der Waals surface area contributed by atoms with Gasteiger partial charge in [-0.1, -0.05) is 12.1 Å². The number of amides is 1. The highest BCUT2D eigenvalue weighted by Gasteiger charge is 2.53. The fourth-order valence-electron chi connectivity index (χ4n) is 5.54. The Morgan fingerprint density at radius 2 is 1.84 bits per heavy atom. The number of hydrogen-bond acceptors (Lipinski definition) is 5. The summed E-state index contributed by atoms with van der Waals surface area (Å²) < 4.78 is 18.3. The molecule has 32 heavy (non-hydrogen) atoms. The van der Waals surface area contributed by atoms with Gasteiger partial charge in [-0.05, 0) is 90.7 Å². The molecule has 1 saturated carbocycles. The third kappa shape index (κ3) is 3.58. The molecule has 5 rings (SSSR count). The molecule has 0 radical (unpaired) electrons. The largest absolute Gasteiger partial charge is 0.494 e. The molecule has 4 aliphatic rings. The zero-order valence-electron chi connectivity index (χ0n) is 20.4. The molecule has 1 aliphatic carbocycles. The Hall–Kier alpha value is -1.86. The number of aliphatic imine (C=N–C) groups is 1. The number of fused-ring (bicyclic) bond motifs is 3. The number of piperidine rings is 1. The van der Waals surface area contributed by atoms with Crippen LogP contribution < -0.4 is 5.46 Å². The highest BCUT2D eigenvalue weighted by Crippen LogP contribution is 2.45. The summed E-state index contributed by atoms with van der Waals surface area (Å²) in [4.78, 5) is 20.0. The first kappa shape index (κ1) is 22.0. The van der Waals surface area contributed by atoms with Crippen LogP contribution in [-0.2, 0) is 20.5 Å². The third-order valence-corrected chi connectivity index (χ3v) is 7.80. The Bertz CT molecular complexity index is 965. The molecule has 3 unspecified atom stereocenters. The summed E-state index contributed by atoms with van der Waals surface area (Å²) in [6, 6.07) is 6.59. The van der Waals surface area contributed by atoms with Crippen LogP contribution in [0.3, 0.4) is 0 Å². The Morgan fingerprint density at radius 1 is 1.16 bits per heavy atom. The number of benzene rings is 1. The fourth-order valence-corrected chi connectivity index (χ4v) is 5.54. The highest BCUT2D eigenvalue weighted by molar-refractivity contribution is 6.62. The van der Waals surface area contributed by atoms with Gasteiger partial charge in [-0.2, -0.15) is 0 Å². The summed E-state index contributed by atoms with van der Waals surface area (Å²) in [6.07, 6.45) is 3.83. The number of nitrogens with zero attached hydrogens (tertiary/aromatic N) is 2. The van der Waals surface area contributed by atoms with Crippen molar-refractivity contribution in [3.63, 3.8) is 0 Å². The molecule has 3 heterocycles. The van der Waals surface area contributed by atoms with Gasteiger partial charge in [-0.15, -0.1) is 0 Å². The average Bonchev–Trinajstić information content (AvgIpc) is 3.41. The number of hydrogen-bond donors (Lipinski definition) is 0. The van der Waals surface area contributed by atoms with Crippen LogP contribution in [0.2, 0.25) is 0 Å².